The molecule has 0 aliphatic rings. The Labute approximate surface area is 116 Å². The van der Waals surface area contributed by atoms with Crippen LogP contribution in [0.1, 0.15) is 51.8 Å². The molecule has 0 saturated carbocycles. The summed E-state index contributed by atoms with van der Waals surface area (Å²) in [5.41, 5.74) is 1.96. The first-order chi connectivity index (χ1) is 8.69. The van der Waals surface area contributed by atoms with E-state index in [0.717, 1.165) is 0 Å². The van der Waals surface area contributed by atoms with E-state index in [4.69, 9.17) is 4.74 Å². The monoisotopic (exact) mass is 263 g/mol. The van der Waals surface area contributed by atoms with Crippen molar-refractivity contribution >= 4 is 5.97 Å². The summed E-state index contributed by atoms with van der Waals surface area (Å²) >= 11 is 0. The van der Waals surface area contributed by atoms with Crippen LogP contribution in [0.4, 0.5) is 0 Å². The lowest BCUT2D eigenvalue weighted by molar-refractivity contribution is -0.157. The predicted molar refractivity (Wildman–Crippen MR) is 78.0 cm³/mol. The molecule has 0 radical (unpaired) electrons. The molecule has 3 heteroatoms. The minimum atomic E-state index is -0.444. The summed E-state index contributed by atoms with van der Waals surface area (Å²) in [6.07, 6.45) is 0. The van der Waals surface area contributed by atoms with Crippen LogP contribution in [0.25, 0.3) is 0 Å². The quantitative estimate of drug-likeness (QED) is 0.846. The molecule has 19 heavy (non-hydrogen) atoms. The van der Waals surface area contributed by atoms with Gasteiger partial charge in [-0.1, -0.05) is 29.8 Å². The molecular weight excluding hydrogens is 238 g/mol. The van der Waals surface area contributed by atoms with Crippen molar-refractivity contribution in [2.24, 2.45) is 0 Å². The topological polar surface area (TPSA) is 38.3 Å². The molecule has 3 nitrogen and oxygen atoms in total. The van der Waals surface area contributed by atoms with Crippen LogP contribution in [0.15, 0.2) is 24.3 Å². The minimum Gasteiger partial charge on any atom is -0.459 e. The van der Waals surface area contributed by atoms with Crippen LogP contribution in [0, 0.1) is 6.92 Å². The molecule has 0 saturated heterocycles. The third-order valence-corrected chi connectivity index (χ3v) is 2.84. The van der Waals surface area contributed by atoms with Gasteiger partial charge in [0.1, 0.15) is 11.6 Å². The molecule has 0 spiro atoms. The first-order valence-electron chi connectivity index (χ1n) is 6.74. The van der Waals surface area contributed by atoms with Crippen molar-refractivity contribution < 1.29 is 9.53 Å². The fourth-order valence-corrected chi connectivity index (χ4v) is 1.78. The van der Waals surface area contributed by atoms with Crippen molar-refractivity contribution in [3.63, 3.8) is 0 Å². The molecule has 1 unspecified atom stereocenters. The van der Waals surface area contributed by atoms with Crippen LogP contribution >= 0.6 is 0 Å². The largest absolute Gasteiger partial charge is 0.459 e. The molecular formula is C16H25NO2. The van der Waals surface area contributed by atoms with Gasteiger partial charge in [-0.05, 0) is 47.1 Å². The van der Waals surface area contributed by atoms with Gasteiger partial charge in [-0.2, -0.15) is 0 Å². The summed E-state index contributed by atoms with van der Waals surface area (Å²) in [5, 5.41) is 3.26. The lowest BCUT2D eigenvalue weighted by Gasteiger charge is -2.24. The maximum Gasteiger partial charge on any atom is 0.323 e. The van der Waals surface area contributed by atoms with Gasteiger partial charge in [-0.3, -0.25) is 10.1 Å². The van der Waals surface area contributed by atoms with E-state index in [1.54, 1.807) is 0 Å². The lowest BCUT2D eigenvalue weighted by Crippen LogP contribution is -2.40. The zero-order chi connectivity index (χ0) is 14.6. The molecule has 1 aromatic rings. The van der Waals surface area contributed by atoms with Gasteiger partial charge in [-0.25, -0.2) is 0 Å². The van der Waals surface area contributed by atoms with Crippen molar-refractivity contribution in [1.82, 2.24) is 5.32 Å². The highest BCUT2D eigenvalue weighted by Gasteiger charge is 2.22. The van der Waals surface area contributed by atoms with Gasteiger partial charge < -0.3 is 4.74 Å². The van der Waals surface area contributed by atoms with Gasteiger partial charge in [0.25, 0.3) is 0 Å². The first kappa shape index (κ1) is 15.7. The van der Waals surface area contributed by atoms with E-state index in [1.807, 2.05) is 34.6 Å². The second-order valence-corrected chi connectivity index (χ2v) is 6.05. The summed E-state index contributed by atoms with van der Waals surface area (Å²) < 4.78 is 5.35. The Morgan fingerprint density at radius 3 is 2.16 bits per heavy atom. The number of carbonyl (C=O) groups is 1. The Hall–Kier alpha value is -1.35. The molecule has 0 heterocycles. The summed E-state index contributed by atoms with van der Waals surface area (Å²) in [5.74, 6) is -0.216. The van der Waals surface area contributed by atoms with Crippen LogP contribution in [0.2, 0.25) is 0 Å². The molecule has 106 valence electrons. The fourth-order valence-electron chi connectivity index (χ4n) is 1.78. The van der Waals surface area contributed by atoms with E-state index < -0.39 is 5.60 Å². The number of rotatable bonds is 4. The Bertz CT molecular complexity index is 417. The van der Waals surface area contributed by atoms with E-state index in [-0.39, 0.29) is 18.1 Å². The molecule has 1 aromatic carbocycles. The number of aryl methyl sites for hydroxylation is 1. The third kappa shape index (κ3) is 5.43. The van der Waals surface area contributed by atoms with Crippen LogP contribution in [0.3, 0.4) is 0 Å². The zero-order valence-electron chi connectivity index (χ0n) is 12.8. The average molecular weight is 263 g/mol. The number of carbonyl (C=O) groups excluding carboxylic acids is 1. The molecule has 0 aliphatic carbocycles. The molecule has 0 aromatic heterocycles. The Morgan fingerprint density at radius 1 is 1.16 bits per heavy atom. The number of hydrogen-bond acceptors (Lipinski definition) is 3. The molecule has 2 atom stereocenters. The molecule has 0 fully saturated rings. The molecule has 0 bridgehead atoms. The van der Waals surface area contributed by atoms with Crippen molar-refractivity contribution in [3.05, 3.63) is 35.4 Å². The lowest BCUT2D eigenvalue weighted by atomic mass is 10.1. The maximum absolute atomic E-state index is 11.9. The number of esters is 1. The van der Waals surface area contributed by atoms with Gasteiger partial charge >= 0.3 is 5.97 Å². The predicted octanol–water partition coefficient (Wildman–Crippen LogP) is 3.38. The van der Waals surface area contributed by atoms with Gasteiger partial charge in [0.15, 0.2) is 0 Å². The number of nitrogens with one attached hydrogen (secondary N) is 1. The van der Waals surface area contributed by atoms with Crippen LogP contribution in [-0.2, 0) is 9.53 Å². The third-order valence-electron chi connectivity index (χ3n) is 2.84. The van der Waals surface area contributed by atoms with Crippen molar-refractivity contribution in [2.75, 3.05) is 0 Å². The van der Waals surface area contributed by atoms with Gasteiger partial charge in [-0.15, -0.1) is 0 Å². The normalized spacial score (nSPS) is 14.8. The summed E-state index contributed by atoms with van der Waals surface area (Å²) in [7, 11) is 0. The first-order valence-corrected chi connectivity index (χ1v) is 6.74. The van der Waals surface area contributed by atoms with Gasteiger partial charge in [0, 0.05) is 6.04 Å². The Balaban J connectivity index is 2.59. The maximum atomic E-state index is 11.9. The van der Waals surface area contributed by atoms with Crippen LogP contribution in [-0.4, -0.2) is 17.6 Å². The van der Waals surface area contributed by atoms with E-state index in [1.165, 1.54) is 11.1 Å². The van der Waals surface area contributed by atoms with Crippen molar-refractivity contribution in [3.8, 4) is 0 Å². The van der Waals surface area contributed by atoms with Crippen molar-refractivity contribution in [1.29, 1.82) is 0 Å². The number of hydrogen-bond donors (Lipinski definition) is 1. The summed E-state index contributed by atoms with van der Waals surface area (Å²) in [6.45, 7) is 11.6. The van der Waals surface area contributed by atoms with E-state index in [2.05, 4.69) is 36.5 Å². The second-order valence-electron chi connectivity index (χ2n) is 6.05. The van der Waals surface area contributed by atoms with Crippen LogP contribution < -0.4 is 5.32 Å². The van der Waals surface area contributed by atoms with Crippen LogP contribution in [0.5, 0.6) is 0 Å². The van der Waals surface area contributed by atoms with Crippen molar-refractivity contribution in [2.45, 2.75) is 59.2 Å². The highest BCUT2D eigenvalue weighted by molar-refractivity contribution is 5.75. The molecule has 1 N–H and O–H groups in total. The summed E-state index contributed by atoms with van der Waals surface area (Å²) in [6, 6.07) is 8.10. The van der Waals surface area contributed by atoms with E-state index in [0.29, 0.717) is 0 Å². The smallest absolute Gasteiger partial charge is 0.323 e. The Morgan fingerprint density at radius 2 is 1.68 bits per heavy atom. The van der Waals surface area contributed by atoms with E-state index >= 15 is 0 Å². The number of benzene rings is 1. The summed E-state index contributed by atoms with van der Waals surface area (Å²) in [4.78, 5) is 11.9. The Kier molecular flexibility index (Phi) is 5.12. The highest BCUT2D eigenvalue weighted by atomic mass is 16.6. The molecule has 1 rings (SSSR count). The zero-order valence-corrected chi connectivity index (χ0v) is 12.8. The minimum absolute atomic E-state index is 0.114. The highest BCUT2D eigenvalue weighted by Crippen LogP contribution is 2.15. The fraction of sp³-hybridized carbons (Fsp3) is 0.562. The van der Waals surface area contributed by atoms with E-state index in [9.17, 15) is 4.79 Å². The van der Waals surface area contributed by atoms with Gasteiger partial charge in [0.05, 0.1) is 0 Å². The molecule has 0 amide bonds. The standard InChI is InChI=1S/C16H25NO2/c1-11-7-9-14(10-8-11)12(2)17-13(3)15(18)19-16(4,5)6/h7-10,12-13,17H,1-6H3/t12-,13?/m0/s1. The van der Waals surface area contributed by atoms with Gasteiger partial charge in [0.2, 0.25) is 0 Å². The molecule has 0 aliphatic heterocycles. The second kappa shape index (κ2) is 6.20. The number of ether oxygens (including phenoxy) is 1. The average Bonchev–Trinajstić information content (AvgIpc) is 2.27. The SMILES string of the molecule is Cc1ccc([C@H](C)NC(C)C(=O)OC(C)(C)C)cc1.